The second-order valence-corrected chi connectivity index (χ2v) is 6.71. The van der Waals surface area contributed by atoms with E-state index in [-0.39, 0.29) is 11.3 Å². The van der Waals surface area contributed by atoms with E-state index in [0.717, 1.165) is 17.5 Å². The van der Waals surface area contributed by atoms with Gasteiger partial charge in [-0.15, -0.1) is 0 Å². The van der Waals surface area contributed by atoms with Gasteiger partial charge in [-0.25, -0.2) is 0 Å². The number of aromatic nitrogens is 3. The maximum Gasteiger partial charge on any atom is 0.250 e. The van der Waals surface area contributed by atoms with E-state index in [2.05, 4.69) is 5.10 Å². The SMILES string of the molecule is CC/C=C/c1cc(=O)n(C)cc1-c1cnn(C)c1C(=O)c1ccc(Cl)cc1. The quantitative estimate of drug-likeness (QED) is 0.625. The zero-order valence-corrected chi connectivity index (χ0v) is 16.2. The van der Waals surface area contributed by atoms with Crippen LogP contribution in [-0.2, 0) is 14.1 Å². The number of benzene rings is 1. The third kappa shape index (κ3) is 3.78. The molecule has 138 valence electrons. The Bertz CT molecular complexity index is 1080. The monoisotopic (exact) mass is 381 g/mol. The lowest BCUT2D eigenvalue weighted by atomic mass is 9.97. The van der Waals surface area contributed by atoms with Gasteiger partial charge in [0.2, 0.25) is 5.78 Å². The van der Waals surface area contributed by atoms with Gasteiger partial charge in [0.25, 0.3) is 5.56 Å². The Hall–Kier alpha value is -2.92. The molecule has 0 aliphatic heterocycles. The van der Waals surface area contributed by atoms with Gasteiger partial charge in [-0.2, -0.15) is 5.10 Å². The number of ketones is 1. The zero-order valence-electron chi connectivity index (χ0n) is 15.4. The normalized spacial score (nSPS) is 11.3. The highest BCUT2D eigenvalue weighted by Crippen LogP contribution is 2.29. The molecule has 5 nitrogen and oxygen atoms in total. The standard InChI is InChI=1S/C21H20ClN3O2/c1-4-5-6-15-11-19(26)24(2)13-18(15)17-12-23-25(3)20(17)21(27)14-7-9-16(22)10-8-14/h5-13H,4H2,1-3H3/b6-5+. The van der Waals surface area contributed by atoms with Crippen molar-refractivity contribution < 1.29 is 4.79 Å². The minimum Gasteiger partial charge on any atom is -0.318 e. The van der Waals surface area contributed by atoms with Gasteiger partial charge in [0, 0.05) is 48.1 Å². The summed E-state index contributed by atoms with van der Waals surface area (Å²) < 4.78 is 3.06. The van der Waals surface area contributed by atoms with Gasteiger partial charge in [-0.05, 0) is 36.2 Å². The number of carbonyl (C=O) groups excluding carboxylic acids is 1. The van der Waals surface area contributed by atoms with Gasteiger partial charge in [0.05, 0.1) is 6.20 Å². The molecule has 3 aromatic rings. The summed E-state index contributed by atoms with van der Waals surface area (Å²) in [5.41, 5.74) is 3.11. The summed E-state index contributed by atoms with van der Waals surface area (Å²) in [6.07, 6.45) is 8.13. The Kier molecular flexibility index (Phi) is 5.42. The fourth-order valence-corrected chi connectivity index (χ4v) is 3.02. The number of pyridine rings is 1. The minimum absolute atomic E-state index is 0.107. The van der Waals surface area contributed by atoms with Gasteiger partial charge in [-0.3, -0.25) is 14.3 Å². The molecule has 0 spiro atoms. The van der Waals surface area contributed by atoms with Crippen LogP contribution in [0.1, 0.15) is 35.0 Å². The summed E-state index contributed by atoms with van der Waals surface area (Å²) in [6.45, 7) is 2.02. The largest absolute Gasteiger partial charge is 0.318 e. The number of halogens is 1. The fraction of sp³-hybridized carbons (Fsp3) is 0.190. The van der Waals surface area contributed by atoms with Crippen LogP contribution < -0.4 is 5.56 Å². The molecule has 0 aliphatic carbocycles. The highest BCUT2D eigenvalue weighted by atomic mass is 35.5. The van der Waals surface area contributed by atoms with Gasteiger partial charge in [-0.1, -0.05) is 30.7 Å². The maximum atomic E-state index is 13.1. The molecule has 0 fully saturated rings. The highest BCUT2D eigenvalue weighted by molar-refractivity contribution is 6.30. The number of allylic oxidation sites excluding steroid dienone is 1. The van der Waals surface area contributed by atoms with Crippen LogP contribution >= 0.6 is 11.6 Å². The molecule has 2 aromatic heterocycles. The maximum absolute atomic E-state index is 13.1. The van der Waals surface area contributed by atoms with Crippen molar-refractivity contribution in [3.63, 3.8) is 0 Å². The van der Waals surface area contributed by atoms with Gasteiger partial charge >= 0.3 is 0 Å². The van der Waals surface area contributed by atoms with Crippen molar-refractivity contribution in [1.29, 1.82) is 0 Å². The Balaban J connectivity index is 2.19. The van der Waals surface area contributed by atoms with Crippen molar-refractivity contribution in [2.75, 3.05) is 0 Å². The molecule has 1 aromatic carbocycles. The van der Waals surface area contributed by atoms with Crippen molar-refractivity contribution in [2.24, 2.45) is 14.1 Å². The first kappa shape index (κ1) is 18.9. The van der Waals surface area contributed by atoms with E-state index < -0.39 is 0 Å². The summed E-state index contributed by atoms with van der Waals surface area (Å²) >= 11 is 5.93. The highest BCUT2D eigenvalue weighted by Gasteiger charge is 2.21. The molecule has 0 radical (unpaired) electrons. The topological polar surface area (TPSA) is 56.9 Å². The van der Waals surface area contributed by atoms with E-state index in [1.54, 1.807) is 61.5 Å². The van der Waals surface area contributed by atoms with Crippen LogP contribution in [0.5, 0.6) is 0 Å². The predicted molar refractivity (Wildman–Crippen MR) is 108 cm³/mol. The molecular weight excluding hydrogens is 362 g/mol. The smallest absolute Gasteiger partial charge is 0.250 e. The molecule has 0 unspecified atom stereocenters. The van der Waals surface area contributed by atoms with Crippen LogP contribution in [0.2, 0.25) is 5.02 Å². The summed E-state index contributed by atoms with van der Waals surface area (Å²) in [5.74, 6) is -0.152. The number of rotatable bonds is 5. The minimum atomic E-state index is -0.152. The average molecular weight is 382 g/mol. The molecule has 0 saturated carbocycles. The number of hydrogen-bond donors (Lipinski definition) is 0. The van der Waals surface area contributed by atoms with Crippen molar-refractivity contribution in [1.82, 2.24) is 14.3 Å². The summed E-state index contributed by atoms with van der Waals surface area (Å²) in [7, 11) is 3.42. The molecule has 3 rings (SSSR count). The van der Waals surface area contributed by atoms with E-state index in [1.165, 1.54) is 4.57 Å². The molecule has 0 N–H and O–H groups in total. The number of nitrogens with zero attached hydrogens (tertiary/aromatic N) is 3. The molecule has 2 heterocycles. The zero-order chi connectivity index (χ0) is 19.6. The molecule has 0 aliphatic rings. The summed E-state index contributed by atoms with van der Waals surface area (Å²) in [6, 6.07) is 8.34. The average Bonchev–Trinajstić information content (AvgIpc) is 3.03. The van der Waals surface area contributed by atoms with Gasteiger partial charge < -0.3 is 4.57 Å². The lowest BCUT2D eigenvalue weighted by Gasteiger charge is -2.10. The van der Waals surface area contributed by atoms with Crippen molar-refractivity contribution in [3.8, 4) is 11.1 Å². The number of carbonyl (C=O) groups is 1. The third-order valence-electron chi connectivity index (χ3n) is 4.34. The van der Waals surface area contributed by atoms with Crippen LogP contribution in [0.25, 0.3) is 17.2 Å². The van der Waals surface area contributed by atoms with Crippen LogP contribution in [0.4, 0.5) is 0 Å². The molecule has 0 saturated heterocycles. The van der Waals surface area contributed by atoms with Gasteiger partial charge in [0.15, 0.2) is 0 Å². The molecule has 0 atom stereocenters. The molecule has 0 amide bonds. The van der Waals surface area contributed by atoms with Crippen LogP contribution in [0, 0.1) is 0 Å². The lowest BCUT2D eigenvalue weighted by Crippen LogP contribution is -2.16. The lowest BCUT2D eigenvalue weighted by molar-refractivity contribution is 0.103. The fourth-order valence-electron chi connectivity index (χ4n) is 2.89. The second-order valence-electron chi connectivity index (χ2n) is 6.27. The third-order valence-corrected chi connectivity index (χ3v) is 4.60. The van der Waals surface area contributed by atoms with Crippen LogP contribution in [0.15, 0.2) is 53.6 Å². The second kappa shape index (κ2) is 7.76. The Morgan fingerprint density at radius 3 is 2.56 bits per heavy atom. The molecule has 27 heavy (non-hydrogen) atoms. The number of aryl methyl sites for hydroxylation is 2. The van der Waals surface area contributed by atoms with Crippen LogP contribution in [-0.4, -0.2) is 20.1 Å². The van der Waals surface area contributed by atoms with Crippen LogP contribution in [0.3, 0.4) is 0 Å². The first-order valence-corrected chi connectivity index (χ1v) is 9.00. The summed E-state index contributed by atoms with van der Waals surface area (Å²) in [4.78, 5) is 25.2. The Labute approximate surface area is 162 Å². The van der Waals surface area contributed by atoms with E-state index in [1.807, 2.05) is 19.1 Å². The predicted octanol–water partition coefficient (Wildman–Crippen LogP) is 4.09. The van der Waals surface area contributed by atoms with Crippen molar-refractivity contribution in [2.45, 2.75) is 13.3 Å². The van der Waals surface area contributed by atoms with E-state index >= 15 is 0 Å². The summed E-state index contributed by atoms with van der Waals surface area (Å²) in [5, 5.41) is 4.86. The van der Waals surface area contributed by atoms with E-state index in [4.69, 9.17) is 11.6 Å². The van der Waals surface area contributed by atoms with Gasteiger partial charge in [0.1, 0.15) is 5.69 Å². The van der Waals surface area contributed by atoms with E-state index in [9.17, 15) is 9.59 Å². The first-order valence-electron chi connectivity index (χ1n) is 8.62. The van der Waals surface area contributed by atoms with Crippen molar-refractivity contribution in [3.05, 3.63) is 81.0 Å². The Morgan fingerprint density at radius 1 is 1.19 bits per heavy atom. The Morgan fingerprint density at radius 2 is 1.89 bits per heavy atom. The molecule has 0 bridgehead atoms. The first-order chi connectivity index (χ1) is 12.9. The van der Waals surface area contributed by atoms with E-state index in [0.29, 0.717) is 21.8 Å². The molecule has 6 heteroatoms. The molecular formula is C21H20ClN3O2. The van der Waals surface area contributed by atoms with Crippen molar-refractivity contribution >= 4 is 23.5 Å². The number of hydrogen-bond acceptors (Lipinski definition) is 3.